The number of rotatable bonds is 4. The van der Waals surface area contributed by atoms with Crippen molar-refractivity contribution in [3.05, 3.63) is 0 Å². The van der Waals surface area contributed by atoms with Crippen LogP contribution in [0, 0.1) is 50.2 Å². The van der Waals surface area contributed by atoms with Crippen molar-refractivity contribution in [2.24, 2.45) is 50.2 Å². The number of hydrogen-bond acceptors (Lipinski definition) is 2. The van der Waals surface area contributed by atoms with E-state index in [-0.39, 0.29) is 34.4 Å². The molecule has 0 aromatic rings. The first-order chi connectivity index (χ1) is 15.0. The SMILES string of the molecule is CC(=O)[C@@]1(C)CC[C@H]2[C@@](C)(CC[C@@]3(C)[C@@H]4CC(C)(C)CC[C@]4(C)CC[C@]23C)[C@@H]1CCC(=O)O. The van der Waals surface area contributed by atoms with Crippen molar-refractivity contribution in [3.63, 3.8) is 0 Å². The Morgan fingerprint density at radius 3 is 1.97 bits per heavy atom. The minimum absolute atomic E-state index is 0.0420. The lowest BCUT2D eigenvalue weighted by atomic mass is 9.31. The zero-order valence-electron chi connectivity index (χ0n) is 22.8. The molecule has 0 bridgehead atoms. The van der Waals surface area contributed by atoms with Crippen molar-refractivity contribution in [2.75, 3.05) is 0 Å². The summed E-state index contributed by atoms with van der Waals surface area (Å²) in [4.78, 5) is 24.6. The van der Waals surface area contributed by atoms with Gasteiger partial charge in [0.25, 0.3) is 0 Å². The summed E-state index contributed by atoms with van der Waals surface area (Å²) in [6, 6.07) is 0. The summed E-state index contributed by atoms with van der Waals surface area (Å²) in [5.74, 6) is 1.03. The molecule has 0 aliphatic heterocycles. The largest absolute Gasteiger partial charge is 0.481 e. The van der Waals surface area contributed by atoms with Gasteiger partial charge in [0.1, 0.15) is 5.78 Å². The Balaban J connectivity index is 1.76. The second-order valence-electron chi connectivity index (χ2n) is 15.0. The number of Topliss-reactive ketones (excluding diaryl/α,β-unsaturated/α-hetero) is 1. The number of aliphatic carboxylic acids is 1. The number of fused-ring (bicyclic) bond motifs is 5. The monoisotopic (exact) mass is 458 g/mol. The van der Waals surface area contributed by atoms with Gasteiger partial charge < -0.3 is 5.11 Å². The summed E-state index contributed by atoms with van der Waals surface area (Å²) in [6.07, 6.45) is 11.9. The third kappa shape index (κ3) is 3.48. The summed E-state index contributed by atoms with van der Waals surface area (Å²) in [5.41, 5.74) is 1.13. The van der Waals surface area contributed by atoms with E-state index in [0.717, 1.165) is 25.2 Å². The van der Waals surface area contributed by atoms with E-state index < -0.39 is 5.97 Å². The molecule has 0 radical (unpaired) electrons. The van der Waals surface area contributed by atoms with E-state index in [1.165, 1.54) is 38.5 Å². The van der Waals surface area contributed by atoms with Gasteiger partial charge in [0, 0.05) is 11.8 Å². The van der Waals surface area contributed by atoms with Crippen LogP contribution >= 0.6 is 0 Å². The van der Waals surface area contributed by atoms with Crippen LogP contribution in [0.1, 0.15) is 126 Å². The molecule has 4 fully saturated rings. The van der Waals surface area contributed by atoms with Crippen molar-refractivity contribution in [2.45, 2.75) is 126 Å². The maximum atomic E-state index is 13.0. The summed E-state index contributed by atoms with van der Waals surface area (Å²) in [7, 11) is 0. The summed E-state index contributed by atoms with van der Waals surface area (Å²) >= 11 is 0. The van der Waals surface area contributed by atoms with Gasteiger partial charge in [-0.2, -0.15) is 0 Å². The van der Waals surface area contributed by atoms with E-state index in [4.69, 9.17) is 0 Å². The first-order valence-corrected chi connectivity index (χ1v) is 13.8. The third-order valence-corrected chi connectivity index (χ3v) is 13.0. The molecule has 0 unspecified atom stereocenters. The highest BCUT2D eigenvalue weighted by molar-refractivity contribution is 5.82. The van der Waals surface area contributed by atoms with Crippen LogP contribution < -0.4 is 0 Å². The van der Waals surface area contributed by atoms with Gasteiger partial charge in [0.05, 0.1) is 0 Å². The highest BCUT2D eigenvalue weighted by Gasteiger charge is 2.70. The van der Waals surface area contributed by atoms with Gasteiger partial charge in [-0.3, -0.25) is 9.59 Å². The average molecular weight is 459 g/mol. The number of carboxylic acid groups (broad SMARTS) is 1. The molecule has 0 saturated heterocycles. The molecule has 8 atom stereocenters. The number of carboxylic acids is 1. The first kappa shape index (κ1) is 25.2. The van der Waals surface area contributed by atoms with Crippen LogP contribution in [0.15, 0.2) is 0 Å². The first-order valence-electron chi connectivity index (χ1n) is 13.8. The Hall–Kier alpha value is -0.860. The zero-order chi connectivity index (χ0) is 24.7. The van der Waals surface area contributed by atoms with E-state index in [2.05, 4.69) is 48.5 Å². The summed E-state index contributed by atoms with van der Waals surface area (Å²) in [6.45, 7) is 19.2. The maximum absolute atomic E-state index is 13.0. The van der Waals surface area contributed by atoms with Crippen LogP contribution in [-0.2, 0) is 9.59 Å². The molecule has 4 aliphatic carbocycles. The van der Waals surface area contributed by atoms with Gasteiger partial charge in [0.2, 0.25) is 0 Å². The normalized spacial score (nSPS) is 51.1. The molecule has 4 rings (SSSR count). The lowest BCUT2D eigenvalue weighted by molar-refractivity contribution is -0.249. The Labute approximate surface area is 202 Å². The number of carbonyl (C=O) groups excluding carboxylic acids is 1. The Bertz CT molecular complexity index is 830. The molecule has 0 aromatic heterocycles. The molecule has 0 heterocycles. The summed E-state index contributed by atoms with van der Waals surface area (Å²) in [5, 5.41) is 9.53. The van der Waals surface area contributed by atoms with Crippen molar-refractivity contribution < 1.29 is 14.7 Å². The van der Waals surface area contributed by atoms with Crippen molar-refractivity contribution in [3.8, 4) is 0 Å². The van der Waals surface area contributed by atoms with E-state index in [1.54, 1.807) is 6.92 Å². The molecule has 0 aromatic carbocycles. The number of ketones is 1. The van der Waals surface area contributed by atoms with Crippen molar-refractivity contribution >= 4 is 11.8 Å². The lowest BCUT2D eigenvalue weighted by Gasteiger charge is -2.74. The van der Waals surface area contributed by atoms with E-state index >= 15 is 0 Å². The number of hydrogen-bond donors (Lipinski definition) is 1. The molecule has 0 spiro atoms. The molecule has 188 valence electrons. The fourth-order valence-electron chi connectivity index (χ4n) is 10.4. The van der Waals surface area contributed by atoms with Crippen molar-refractivity contribution in [1.29, 1.82) is 0 Å². The topological polar surface area (TPSA) is 54.4 Å². The average Bonchev–Trinajstić information content (AvgIpc) is 2.70. The highest BCUT2D eigenvalue weighted by atomic mass is 16.4. The molecule has 4 aliphatic rings. The second-order valence-corrected chi connectivity index (χ2v) is 15.0. The lowest BCUT2D eigenvalue weighted by Crippen LogP contribution is -2.67. The van der Waals surface area contributed by atoms with Crippen LogP contribution in [0.25, 0.3) is 0 Å². The van der Waals surface area contributed by atoms with Gasteiger partial charge in [-0.25, -0.2) is 0 Å². The second kappa shape index (κ2) is 7.57. The summed E-state index contributed by atoms with van der Waals surface area (Å²) < 4.78 is 0. The zero-order valence-corrected chi connectivity index (χ0v) is 22.8. The third-order valence-electron chi connectivity index (χ3n) is 13.0. The van der Waals surface area contributed by atoms with E-state index in [0.29, 0.717) is 28.6 Å². The molecular weight excluding hydrogens is 408 g/mol. The standard InChI is InChI=1S/C30H50O3/c1-20(31)27(5)12-11-22-28(6,21(27)9-10-24(32)33)16-18-30(8)23-19-25(2,3)13-14-26(23,4)15-17-29(22,30)7/h21-23H,9-19H2,1-8H3,(H,32,33)/t21-,22+,23-,26-,27-,28+,29-,30+/m1/s1. The smallest absolute Gasteiger partial charge is 0.303 e. The minimum atomic E-state index is -0.726. The Kier molecular flexibility index (Phi) is 5.79. The molecule has 3 heteroatoms. The van der Waals surface area contributed by atoms with Gasteiger partial charge >= 0.3 is 5.97 Å². The van der Waals surface area contributed by atoms with Crippen LogP contribution in [0.2, 0.25) is 0 Å². The number of carbonyl (C=O) groups is 2. The van der Waals surface area contributed by atoms with Crippen LogP contribution in [-0.4, -0.2) is 16.9 Å². The van der Waals surface area contributed by atoms with Crippen LogP contribution in [0.4, 0.5) is 0 Å². The van der Waals surface area contributed by atoms with E-state index in [1.807, 2.05) is 0 Å². The molecule has 1 N–H and O–H groups in total. The molecule has 0 amide bonds. The molecule has 3 nitrogen and oxygen atoms in total. The predicted octanol–water partition coefficient (Wildman–Crippen LogP) is 7.91. The van der Waals surface area contributed by atoms with Gasteiger partial charge in [0.15, 0.2) is 0 Å². The van der Waals surface area contributed by atoms with Gasteiger partial charge in [-0.1, -0.05) is 48.5 Å². The van der Waals surface area contributed by atoms with Crippen LogP contribution in [0.5, 0.6) is 0 Å². The van der Waals surface area contributed by atoms with Crippen LogP contribution in [0.3, 0.4) is 0 Å². The quantitative estimate of drug-likeness (QED) is 0.465. The van der Waals surface area contributed by atoms with Crippen molar-refractivity contribution in [1.82, 2.24) is 0 Å². The molecular formula is C30H50O3. The van der Waals surface area contributed by atoms with Gasteiger partial charge in [-0.15, -0.1) is 0 Å². The van der Waals surface area contributed by atoms with E-state index in [9.17, 15) is 14.7 Å². The van der Waals surface area contributed by atoms with Gasteiger partial charge in [-0.05, 0) is 116 Å². The fraction of sp³-hybridized carbons (Fsp3) is 0.933. The minimum Gasteiger partial charge on any atom is -0.481 e. The molecule has 4 saturated carbocycles. The predicted molar refractivity (Wildman–Crippen MR) is 134 cm³/mol. The fourth-order valence-corrected chi connectivity index (χ4v) is 10.4. The maximum Gasteiger partial charge on any atom is 0.303 e. The Morgan fingerprint density at radius 2 is 1.36 bits per heavy atom. The molecule has 33 heavy (non-hydrogen) atoms. The highest BCUT2D eigenvalue weighted by Crippen LogP contribution is 2.77. The Morgan fingerprint density at radius 1 is 0.788 bits per heavy atom.